The van der Waals surface area contributed by atoms with Crippen LogP contribution in [0.3, 0.4) is 0 Å². The van der Waals surface area contributed by atoms with E-state index in [1.165, 1.54) is 35.6 Å². The zero-order valence-corrected chi connectivity index (χ0v) is 15.5. The summed E-state index contributed by atoms with van der Waals surface area (Å²) in [6.45, 7) is 2.66. The van der Waals surface area contributed by atoms with E-state index in [2.05, 4.69) is 0 Å². The van der Waals surface area contributed by atoms with Gasteiger partial charge in [0.15, 0.2) is 11.5 Å². The van der Waals surface area contributed by atoms with Crippen molar-refractivity contribution in [2.75, 3.05) is 13.1 Å². The number of fused-ring (bicyclic) bond motifs is 1. The molecule has 0 amide bonds. The number of allylic oxidation sites excluding steroid dienone is 1. The smallest absolute Gasteiger partial charge is 0.231 e. The number of phenols is 1. The third-order valence-electron chi connectivity index (χ3n) is 5.18. The van der Waals surface area contributed by atoms with Crippen molar-refractivity contribution < 1.29 is 23.9 Å². The van der Waals surface area contributed by atoms with Crippen LogP contribution in [0, 0.1) is 5.82 Å². The molecule has 2 heterocycles. The Labute approximate surface area is 161 Å². The summed E-state index contributed by atoms with van der Waals surface area (Å²) in [5.74, 6) is -0.360. The predicted molar refractivity (Wildman–Crippen MR) is 101 cm³/mol. The highest BCUT2D eigenvalue weighted by Gasteiger charge is 2.33. The van der Waals surface area contributed by atoms with Crippen LogP contribution in [0.4, 0.5) is 4.39 Å². The third kappa shape index (κ3) is 3.45. The molecule has 4 rings (SSSR count). The molecule has 6 heteroatoms. The van der Waals surface area contributed by atoms with E-state index in [0.717, 1.165) is 25.9 Å². The number of aromatic hydroxyl groups is 1. The van der Waals surface area contributed by atoms with Gasteiger partial charge in [0.05, 0.1) is 29.2 Å². The van der Waals surface area contributed by atoms with Crippen molar-refractivity contribution in [3.63, 3.8) is 0 Å². The van der Waals surface area contributed by atoms with Crippen LogP contribution in [0.1, 0.15) is 40.7 Å². The van der Waals surface area contributed by atoms with E-state index in [-0.39, 0.29) is 27.9 Å². The summed E-state index contributed by atoms with van der Waals surface area (Å²) in [7, 11) is 0. The lowest BCUT2D eigenvalue weighted by molar-refractivity contribution is -0.918. The molecule has 2 aliphatic heterocycles. The van der Waals surface area contributed by atoms with Crippen LogP contribution >= 0.6 is 11.6 Å². The Balaban J connectivity index is 1.69. The van der Waals surface area contributed by atoms with E-state index < -0.39 is 5.82 Å². The number of ketones is 1. The molecule has 0 atom stereocenters. The maximum Gasteiger partial charge on any atom is 0.231 e. The van der Waals surface area contributed by atoms with Crippen molar-refractivity contribution in [3.8, 4) is 11.5 Å². The van der Waals surface area contributed by atoms with Gasteiger partial charge in [0.2, 0.25) is 5.78 Å². The molecule has 140 valence electrons. The van der Waals surface area contributed by atoms with Crippen LogP contribution in [0.15, 0.2) is 36.1 Å². The highest BCUT2D eigenvalue weighted by atomic mass is 35.5. The second kappa shape index (κ2) is 7.33. The fraction of sp³-hybridized carbons (Fsp3) is 0.286. The molecule has 0 bridgehead atoms. The van der Waals surface area contributed by atoms with Crippen molar-refractivity contribution in [2.45, 2.75) is 25.8 Å². The molecule has 0 spiro atoms. The monoisotopic (exact) mass is 388 g/mol. The van der Waals surface area contributed by atoms with Crippen LogP contribution in [0.25, 0.3) is 6.08 Å². The summed E-state index contributed by atoms with van der Waals surface area (Å²) in [6, 6.07) is 7.41. The Kier molecular flexibility index (Phi) is 4.89. The minimum Gasteiger partial charge on any atom is -0.507 e. The van der Waals surface area contributed by atoms with Gasteiger partial charge in [-0.3, -0.25) is 4.79 Å². The van der Waals surface area contributed by atoms with Gasteiger partial charge in [0.1, 0.15) is 18.1 Å². The van der Waals surface area contributed by atoms with Gasteiger partial charge in [-0.05, 0) is 49.6 Å². The molecule has 2 aromatic carbocycles. The fourth-order valence-electron chi connectivity index (χ4n) is 3.73. The lowest BCUT2D eigenvalue weighted by Crippen LogP contribution is -3.11. The summed E-state index contributed by atoms with van der Waals surface area (Å²) < 4.78 is 19.9. The Morgan fingerprint density at radius 1 is 1.19 bits per heavy atom. The number of phenolic OH excluding ortho intramolecular Hbond substituents is 1. The standard InChI is InChI=1S/C21H19ClFNO3/c22-16-5-4-6-17(23)14(16)11-19-20(26)13-7-8-18(25)15(21(13)27-19)12-24-9-2-1-3-10-24/h4-8,11,25H,1-3,9-10,12H2/p+1/b19-11-. The van der Waals surface area contributed by atoms with Gasteiger partial charge in [0, 0.05) is 5.56 Å². The van der Waals surface area contributed by atoms with Crippen molar-refractivity contribution >= 4 is 23.5 Å². The highest BCUT2D eigenvalue weighted by Crippen LogP contribution is 2.39. The van der Waals surface area contributed by atoms with E-state index in [4.69, 9.17) is 16.3 Å². The molecule has 0 aromatic heterocycles. The van der Waals surface area contributed by atoms with E-state index in [1.54, 1.807) is 12.1 Å². The van der Waals surface area contributed by atoms with Crippen LogP contribution in [-0.2, 0) is 6.54 Å². The van der Waals surface area contributed by atoms with E-state index in [1.807, 2.05) is 0 Å². The maximum atomic E-state index is 14.1. The van der Waals surface area contributed by atoms with Crippen LogP contribution < -0.4 is 9.64 Å². The quantitative estimate of drug-likeness (QED) is 0.793. The molecule has 0 aliphatic carbocycles. The number of quaternary nitrogens is 1. The van der Waals surface area contributed by atoms with Crippen molar-refractivity contribution in [1.29, 1.82) is 0 Å². The van der Waals surface area contributed by atoms with Crippen molar-refractivity contribution in [3.05, 3.63) is 63.6 Å². The first kappa shape index (κ1) is 18.0. The molecule has 2 N–H and O–H groups in total. The lowest BCUT2D eigenvalue weighted by atomic mass is 10.0. The maximum absolute atomic E-state index is 14.1. The van der Waals surface area contributed by atoms with Crippen LogP contribution in [0.5, 0.6) is 11.5 Å². The third-order valence-corrected chi connectivity index (χ3v) is 5.51. The Bertz CT molecular complexity index is 915. The second-order valence-electron chi connectivity index (χ2n) is 7.00. The number of carbonyl (C=O) groups excluding carboxylic acids is 1. The molecule has 0 saturated carbocycles. The van der Waals surface area contributed by atoms with Crippen molar-refractivity contribution in [2.24, 2.45) is 0 Å². The van der Waals surface area contributed by atoms with Crippen molar-refractivity contribution in [1.82, 2.24) is 0 Å². The number of nitrogens with one attached hydrogen (secondary N) is 1. The first-order valence-electron chi connectivity index (χ1n) is 9.11. The topological polar surface area (TPSA) is 51.0 Å². The Hall–Kier alpha value is -2.37. The number of rotatable bonds is 3. The minimum absolute atomic E-state index is 0.0116. The fourth-order valence-corrected chi connectivity index (χ4v) is 3.94. The summed E-state index contributed by atoms with van der Waals surface area (Å²) >= 11 is 6.06. The number of ether oxygens (including phenoxy) is 1. The molecule has 2 aliphatic rings. The zero-order chi connectivity index (χ0) is 19.0. The number of Topliss-reactive ketones (excluding diaryl/α,β-unsaturated/α-hetero) is 1. The zero-order valence-electron chi connectivity index (χ0n) is 14.7. The van der Waals surface area contributed by atoms with E-state index in [9.17, 15) is 14.3 Å². The molecule has 1 saturated heterocycles. The second-order valence-corrected chi connectivity index (χ2v) is 7.41. The average molecular weight is 389 g/mol. The van der Waals surface area contributed by atoms with Crippen LogP contribution in [-0.4, -0.2) is 24.0 Å². The first-order valence-corrected chi connectivity index (χ1v) is 9.49. The predicted octanol–water partition coefficient (Wildman–Crippen LogP) is 3.37. The van der Waals surface area contributed by atoms with Gasteiger partial charge >= 0.3 is 0 Å². The molecule has 1 fully saturated rings. The number of hydrogen-bond acceptors (Lipinski definition) is 3. The van der Waals surface area contributed by atoms with Gasteiger partial charge < -0.3 is 14.7 Å². The average Bonchev–Trinajstić information content (AvgIpc) is 2.98. The van der Waals surface area contributed by atoms with Gasteiger partial charge in [-0.15, -0.1) is 0 Å². The lowest BCUT2D eigenvalue weighted by Gasteiger charge is -2.24. The molecule has 2 aromatic rings. The van der Waals surface area contributed by atoms with Gasteiger partial charge in [-0.1, -0.05) is 17.7 Å². The molecular weight excluding hydrogens is 369 g/mol. The SMILES string of the molecule is O=C1/C(=C/c2c(F)cccc2Cl)Oc2c1ccc(O)c2C[NH+]1CCCCC1. The molecule has 0 unspecified atom stereocenters. The number of hydrogen-bond donors (Lipinski definition) is 2. The first-order chi connectivity index (χ1) is 13.0. The number of piperidine rings is 1. The van der Waals surface area contributed by atoms with E-state index in [0.29, 0.717) is 23.4 Å². The normalized spacial score (nSPS) is 18.6. The Morgan fingerprint density at radius 3 is 2.70 bits per heavy atom. The summed E-state index contributed by atoms with van der Waals surface area (Å²) in [5, 5.41) is 10.6. The molecule has 0 radical (unpaired) electrons. The van der Waals surface area contributed by atoms with E-state index >= 15 is 0 Å². The van der Waals surface area contributed by atoms with Crippen LogP contribution in [0.2, 0.25) is 5.02 Å². The van der Waals surface area contributed by atoms with Gasteiger partial charge in [0.25, 0.3) is 0 Å². The minimum atomic E-state index is -0.525. The summed E-state index contributed by atoms with van der Waals surface area (Å²) in [5.41, 5.74) is 1.13. The molecule has 27 heavy (non-hydrogen) atoms. The number of halogens is 2. The number of benzene rings is 2. The largest absolute Gasteiger partial charge is 0.507 e. The number of likely N-dealkylation sites (tertiary alicyclic amines) is 1. The van der Waals surface area contributed by atoms with Gasteiger partial charge in [-0.2, -0.15) is 0 Å². The summed E-state index contributed by atoms with van der Waals surface area (Å²) in [6.07, 6.45) is 4.87. The Morgan fingerprint density at radius 2 is 1.96 bits per heavy atom. The summed E-state index contributed by atoms with van der Waals surface area (Å²) in [4.78, 5) is 14.1. The molecular formula is C21H20ClFNO3+. The van der Waals surface area contributed by atoms with Gasteiger partial charge in [-0.25, -0.2) is 4.39 Å². The molecule has 4 nitrogen and oxygen atoms in total. The highest BCUT2D eigenvalue weighted by molar-refractivity contribution is 6.32. The number of carbonyl (C=O) groups is 1.